The van der Waals surface area contributed by atoms with Crippen molar-refractivity contribution in [3.05, 3.63) is 11.8 Å². The highest BCUT2D eigenvalue weighted by molar-refractivity contribution is 5.83. The zero-order valence-electron chi connectivity index (χ0n) is 13.4. The Morgan fingerprint density at radius 2 is 2.29 bits per heavy atom. The molecule has 0 aromatic carbocycles. The van der Waals surface area contributed by atoms with Crippen molar-refractivity contribution in [2.75, 3.05) is 36.9 Å². The molecule has 2 N–H and O–H groups in total. The minimum absolute atomic E-state index is 0.0982. The fourth-order valence-electron chi connectivity index (χ4n) is 2.70. The van der Waals surface area contributed by atoms with Crippen molar-refractivity contribution in [3.8, 4) is 0 Å². The SMILES string of the molecule is CCCNc1ncc(C)c(N2CCC(C)(C(=O)NC)C2)n1. The lowest BCUT2D eigenvalue weighted by Crippen LogP contribution is -2.39. The number of hydrogen-bond donors (Lipinski definition) is 2. The van der Waals surface area contributed by atoms with Crippen molar-refractivity contribution in [2.24, 2.45) is 5.41 Å². The van der Waals surface area contributed by atoms with E-state index in [1.807, 2.05) is 20.0 Å². The van der Waals surface area contributed by atoms with Crippen LogP contribution in [0.5, 0.6) is 0 Å². The van der Waals surface area contributed by atoms with Crippen LogP contribution in [0.1, 0.15) is 32.3 Å². The van der Waals surface area contributed by atoms with Gasteiger partial charge in [-0.25, -0.2) is 4.98 Å². The lowest BCUT2D eigenvalue weighted by Gasteiger charge is -2.24. The number of hydrogen-bond acceptors (Lipinski definition) is 5. The Morgan fingerprint density at radius 1 is 1.52 bits per heavy atom. The van der Waals surface area contributed by atoms with Crippen molar-refractivity contribution < 1.29 is 4.79 Å². The van der Waals surface area contributed by atoms with Gasteiger partial charge in [-0.05, 0) is 26.7 Å². The molecular weight excluding hydrogens is 266 g/mol. The van der Waals surface area contributed by atoms with Gasteiger partial charge in [-0.1, -0.05) is 6.92 Å². The molecule has 1 fully saturated rings. The molecule has 0 bridgehead atoms. The van der Waals surface area contributed by atoms with Crippen LogP contribution in [0.4, 0.5) is 11.8 Å². The number of aromatic nitrogens is 2. The summed E-state index contributed by atoms with van der Waals surface area (Å²) in [5, 5.41) is 5.97. The molecule has 21 heavy (non-hydrogen) atoms. The minimum Gasteiger partial charge on any atom is -0.359 e. The van der Waals surface area contributed by atoms with Crippen molar-refractivity contribution in [2.45, 2.75) is 33.6 Å². The van der Waals surface area contributed by atoms with Crippen LogP contribution in [-0.2, 0) is 4.79 Å². The fraction of sp³-hybridized carbons (Fsp3) is 0.667. The number of anilines is 2. The molecule has 2 rings (SSSR count). The van der Waals surface area contributed by atoms with E-state index in [-0.39, 0.29) is 11.3 Å². The largest absolute Gasteiger partial charge is 0.359 e. The molecule has 2 heterocycles. The molecule has 1 unspecified atom stereocenters. The van der Waals surface area contributed by atoms with Crippen molar-refractivity contribution in [3.63, 3.8) is 0 Å². The summed E-state index contributed by atoms with van der Waals surface area (Å²) in [5.74, 6) is 1.68. The summed E-state index contributed by atoms with van der Waals surface area (Å²) in [6.45, 7) is 8.52. The molecule has 0 saturated carbocycles. The fourth-order valence-corrected chi connectivity index (χ4v) is 2.70. The number of carbonyl (C=O) groups excluding carboxylic acids is 1. The van der Waals surface area contributed by atoms with Gasteiger partial charge in [0.2, 0.25) is 11.9 Å². The molecule has 1 aromatic rings. The number of aryl methyl sites for hydroxylation is 1. The quantitative estimate of drug-likeness (QED) is 0.862. The van der Waals surface area contributed by atoms with Crippen LogP contribution in [0.2, 0.25) is 0 Å². The molecule has 6 nitrogen and oxygen atoms in total. The second-order valence-corrected chi connectivity index (χ2v) is 5.94. The average Bonchev–Trinajstić information content (AvgIpc) is 2.89. The van der Waals surface area contributed by atoms with E-state index >= 15 is 0 Å². The maximum absolute atomic E-state index is 12.0. The van der Waals surface area contributed by atoms with E-state index in [1.54, 1.807) is 7.05 Å². The van der Waals surface area contributed by atoms with Gasteiger partial charge in [0.25, 0.3) is 0 Å². The predicted octanol–water partition coefficient (Wildman–Crippen LogP) is 1.57. The van der Waals surface area contributed by atoms with Gasteiger partial charge in [0, 0.05) is 38.4 Å². The van der Waals surface area contributed by atoms with Gasteiger partial charge in [0.05, 0.1) is 5.41 Å². The summed E-state index contributed by atoms with van der Waals surface area (Å²) in [4.78, 5) is 23.1. The molecule has 116 valence electrons. The number of carbonyl (C=O) groups is 1. The molecule has 1 aliphatic heterocycles. The summed E-state index contributed by atoms with van der Waals surface area (Å²) in [6.07, 6.45) is 3.72. The van der Waals surface area contributed by atoms with Gasteiger partial charge < -0.3 is 15.5 Å². The Kier molecular flexibility index (Phi) is 4.65. The van der Waals surface area contributed by atoms with Crippen LogP contribution in [0.15, 0.2) is 6.20 Å². The molecule has 0 radical (unpaired) electrons. The van der Waals surface area contributed by atoms with Crippen molar-refractivity contribution in [1.29, 1.82) is 0 Å². The van der Waals surface area contributed by atoms with Crippen LogP contribution in [0.25, 0.3) is 0 Å². The lowest BCUT2D eigenvalue weighted by atomic mass is 9.89. The Bertz CT molecular complexity index is 519. The molecule has 6 heteroatoms. The highest BCUT2D eigenvalue weighted by atomic mass is 16.2. The summed E-state index contributed by atoms with van der Waals surface area (Å²) in [6, 6.07) is 0. The smallest absolute Gasteiger partial charge is 0.227 e. The molecule has 1 atom stereocenters. The van der Waals surface area contributed by atoms with E-state index in [0.29, 0.717) is 12.5 Å². The van der Waals surface area contributed by atoms with Crippen LogP contribution in [0.3, 0.4) is 0 Å². The van der Waals surface area contributed by atoms with Gasteiger partial charge >= 0.3 is 0 Å². The summed E-state index contributed by atoms with van der Waals surface area (Å²) >= 11 is 0. The van der Waals surface area contributed by atoms with Gasteiger partial charge in [-0.2, -0.15) is 4.98 Å². The molecule has 1 saturated heterocycles. The van der Waals surface area contributed by atoms with Crippen LogP contribution in [-0.4, -0.2) is 42.6 Å². The number of nitrogens with zero attached hydrogens (tertiary/aromatic N) is 3. The van der Waals surface area contributed by atoms with E-state index in [4.69, 9.17) is 0 Å². The first-order valence-corrected chi connectivity index (χ1v) is 7.55. The number of nitrogens with one attached hydrogen (secondary N) is 2. The molecule has 1 amide bonds. The summed E-state index contributed by atoms with van der Waals surface area (Å²) < 4.78 is 0. The maximum atomic E-state index is 12.0. The Morgan fingerprint density at radius 3 is 2.95 bits per heavy atom. The van der Waals surface area contributed by atoms with E-state index < -0.39 is 0 Å². The average molecular weight is 291 g/mol. The second-order valence-electron chi connectivity index (χ2n) is 5.94. The first kappa shape index (κ1) is 15.5. The third-order valence-electron chi connectivity index (χ3n) is 4.03. The molecule has 1 aromatic heterocycles. The first-order valence-electron chi connectivity index (χ1n) is 7.55. The normalized spacial score (nSPS) is 21.4. The Hall–Kier alpha value is -1.85. The topological polar surface area (TPSA) is 70.2 Å². The van der Waals surface area contributed by atoms with Crippen molar-refractivity contribution in [1.82, 2.24) is 15.3 Å². The Balaban J connectivity index is 2.17. The van der Waals surface area contributed by atoms with Gasteiger partial charge in [-0.15, -0.1) is 0 Å². The van der Waals surface area contributed by atoms with Gasteiger partial charge in [0.15, 0.2) is 0 Å². The standard InChI is InChI=1S/C15H25N5O/c1-5-7-17-14-18-9-11(2)12(19-14)20-8-6-15(3,10-20)13(21)16-4/h9H,5-8,10H2,1-4H3,(H,16,21)(H,17,18,19). The van der Waals surface area contributed by atoms with E-state index in [0.717, 1.165) is 37.3 Å². The van der Waals surface area contributed by atoms with Crippen molar-refractivity contribution >= 4 is 17.7 Å². The summed E-state index contributed by atoms with van der Waals surface area (Å²) in [5.41, 5.74) is 0.696. The second kappa shape index (κ2) is 6.28. The Labute approximate surface area is 126 Å². The molecular formula is C15H25N5O. The van der Waals surface area contributed by atoms with Crippen LogP contribution < -0.4 is 15.5 Å². The third kappa shape index (κ3) is 3.25. The third-order valence-corrected chi connectivity index (χ3v) is 4.03. The zero-order chi connectivity index (χ0) is 15.5. The first-order chi connectivity index (χ1) is 10.00. The number of rotatable bonds is 5. The maximum Gasteiger partial charge on any atom is 0.227 e. The zero-order valence-corrected chi connectivity index (χ0v) is 13.4. The predicted molar refractivity (Wildman–Crippen MR) is 84.6 cm³/mol. The van der Waals surface area contributed by atoms with Gasteiger partial charge in [-0.3, -0.25) is 4.79 Å². The molecule has 1 aliphatic rings. The van der Waals surface area contributed by atoms with Gasteiger partial charge in [0.1, 0.15) is 5.82 Å². The van der Waals surface area contributed by atoms with E-state index in [9.17, 15) is 4.79 Å². The molecule has 0 spiro atoms. The summed E-state index contributed by atoms with van der Waals surface area (Å²) in [7, 11) is 1.69. The van der Waals surface area contributed by atoms with E-state index in [1.165, 1.54) is 0 Å². The number of amides is 1. The molecule has 0 aliphatic carbocycles. The highest BCUT2D eigenvalue weighted by Gasteiger charge is 2.40. The van der Waals surface area contributed by atoms with Crippen LogP contribution in [0, 0.1) is 12.3 Å². The highest BCUT2D eigenvalue weighted by Crippen LogP contribution is 2.33. The minimum atomic E-state index is -0.344. The van der Waals surface area contributed by atoms with E-state index in [2.05, 4.69) is 32.4 Å². The van der Waals surface area contributed by atoms with Crippen LogP contribution >= 0.6 is 0 Å². The monoisotopic (exact) mass is 291 g/mol. The lowest BCUT2D eigenvalue weighted by molar-refractivity contribution is -0.128.